The zero-order chi connectivity index (χ0) is 17.8. The third kappa shape index (κ3) is 3.86. The van der Waals surface area contributed by atoms with Crippen LogP contribution in [0.1, 0.15) is 23.0 Å². The molecule has 0 saturated heterocycles. The maximum atomic E-state index is 12.6. The SMILES string of the molecule is CCc1c(C(=O)Nc2ccc(SC)nc2)cnn1-c1cccc(Cl)c1. The van der Waals surface area contributed by atoms with E-state index in [1.54, 1.807) is 34.9 Å². The average Bonchev–Trinajstić information content (AvgIpc) is 3.06. The molecule has 2 heterocycles. The molecule has 25 heavy (non-hydrogen) atoms. The van der Waals surface area contributed by atoms with Crippen LogP contribution in [-0.2, 0) is 6.42 Å². The Balaban J connectivity index is 1.87. The molecule has 0 saturated carbocycles. The average molecular weight is 373 g/mol. The lowest BCUT2D eigenvalue weighted by molar-refractivity contribution is 0.102. The molecule has 0 atom stereocenters. The van der Waals surface area contributed by atoms with Crippen molar-refractivity contribution in [2.75, 3.05) is 11.6 Å². The Kier molecular flexibility index (Phi) is 5.40. The van der Waals surface area contributed by atoms with E-state index < -0.39 is 0 Å². The summed E-state index contributed by atoms with van der Waals surface area (Å²) >= 11 is 7.62. The van der Waals surface area contributed by atoms with Crippen molar-refractivity contribution in [1.29, 1.82) is 0 Å². The van der Waals surface area contributed by atoms with Crippen LogP contribution in [0.3, 0.4) is 0 Å². The Hall–Kier alpha value is -2.31. The van der Waals surface area contributed by atoms with Crippen molar-refractivity contribution < 1.29 is 4.79 Å². The second kappa shape index (κ2) is 7.72. The number of anilines is 1. The Morgan fingerprint density at radius 1 is 1.28 bits per heavy atom. The van der Waals surface area contributed by atoms with E-state index in [9.17, 15) is 4.79 Å². The number of carbonyl (C=O) groups excluding carboxylic acids is 1. The Labute approximate surface area is 155 Å². The molecule has 0 fully saturated rings. The summed E-state index contributed by atoms with van der Waals surface area (Å²) in [6.45, 7) is 1.99. The van der Waals surface area contributed by atoms with Gasteiger partial charge in [-0.2, -0.15) is 5.10 Å². The first-order valence-electron chi connectivity index (χ1n) is 7.76. The third-order valence-electron chi connectivity index (χ3n) is 3.70. The number of carbonyl (C=O) groups is 1. The number of amides is 1. The van der Waals surface area contributed by atoms with Gasteiger partial charge in [0.15, 0.2) is 0 Å². The number of halogens is 1. The number of thioether (sulfide) groups is 1. The summed E-state index contributed by atoms with van der Waals surface area (Å²) in [4.78, 5) is 16.9. The molecule has 0 aliphatic heterocycles. The molecule has 5 nitrogen and oxygen atoms in total. The highest BCUT2D eigenvalue weighted by atomic mass is 35.5. The van der Waals surface area contributed by atoms with Crippen LogP contribution in [0.5, 0.6) is 0 Å². The number of hydrogen-bond donors (Lipinski definition) is 1. The van der Waals surface area contributed by atoms with Gasteiger partial charge in [0.1, 0.15) is 0 Å². The fourth-order valence-electron chi connectivity index (χ4n) is 2.51. The number of hydrogen-bond acceptors (Lipinski definition) is 4. The first kappa shape index (κ1) is 17.5. The molecule has 0 radical (unpaired) electrons. The fourth-order valence-corrected chi connectivity index (χ4v) is 3.05. The minimum absolute atomic E-state index is 0.205. The van der Waals surface area contributed by atoms with E-state index in [1.165, 1.54) is 0 Å². The molecule has 0 aliphatic carbocycles. The minimum atomic E-state index is -0.205. The largest absolute Gasteiger partial charge is 0.320 e. The van der Waals surface area contributed by atoms with Crippen LogP contribution in [0, 0.1) is 0 Å². The van der Waals surface area contributed by atoms with Crippen LogP contribution in [0.4, 0.5) is 5.69 Å². The highest BCUT2D eigenvalue weighted by Crippen LogP contribution is 2.20. The molecule has 7 heteroatoms. The van der Waals surface area contributed by atoms with E-state index in [0.29, 0.717) is 22.7 Å². The summed E-state index contributed by atoms with van der Waals surface area (Å²) in [5.41, 5.74) is 2.85. The first-order valence-corrected chi connectivity index (χ1v) is 9.37. The van der Waals surface area contributed by atoms with Crippen molar-refractivity contribution in [2.24, 2.45) is 0 Å². The van der Waals surface area contributed by atoms with Crippen molar-refractivity contribution in [3.05, 3.63) is 65.1 Å². The molecule has 1 amide bonds. The van der Waals surface area contributed by atoms with E-state index >= 15 is 0 Å². The maximum absolute atomic E-state index is 12.6. The van der Waals surface area contributed by atoms with Crippen molar-refractivity contribution in [3.8, 4) is 5.69 Å². The molecule has 1 aromatic carbocycles. The number of pyridine rings is 1. The summed E-state index contributed by atoms with van der Waals surface area (Å²) in [6.07, 6.45) is 5.85. The van der Waals surface area contributed by atoms with Gasteiger partial charge in [-0.05, 0) is 43.0 Å². The van der Waals surface area contributed by atoms with Crippen LogP contribution in [0.15, 0.2) is 53.8 Å². The highest BCUT2D eigenvalue weighted by molar-refractivity contribution is 7.98. The molecule has 0 bridgehead atoms. The second-order valence-electron chi connectivity index (χ2n) is 5.29. The fraction of sp³-hybridized carbons (Fsp3) is 0.167. The molecule has 3 rings (SSSR count). The summed E-state index contributed by atoms with van der Waals surface area (Å²) in [6, 6.07) is 11.1. The number of nitrogens with zero attached hydrogens (tertiary/aromatic N) is 3. The normalized spacial score (nSPS) is 10.7. The number of benzene rings is 1. The van der Waals surface area contributed by atoms with Gasteiger partial charge in [0.25, 0.3) is 5.91 Å². The molecule has 128 valence electrons. The quantitative estimate of drug-likeness (QED) is 0.672. The lowest BCUT2D eigenvalue weighted by Gasteiger charge is -2.09. The molecule has 0 unspecified atom stereocenters. The molecular weight excluding hydrogens is 356 g/mol. The van der Waals surface area contributed by atoms with Crippen LogP contribution in [0.25, 0.3) is 5.69 Å². The third-order valence-corrected chi connectivity index (χ3v) is 4.60. The van der Waals surface area contributed by atoms with Gasteiger partial charge in [-0.1, -0.05) is 24.6 Å². The molecule has 3 aromatic rings. The van der Waals surface area contributed by atoms with Gasteiger partial charge in [-0.3, -0.25) is 4.79 Å². The van der Waals surface area contributed by atoms with E-state index in [4.69, 9.17) is 11.6 Å². The topological polar surface area (TPSA) is 59.8 Å². The Morgan fingerprint density at radius 3 is 2.76 bits per heavy atom. The zero-order valence-corrected chi connectivity index (χ0v) is 15.4. The van der Waals surface area contributed by atoms with Crippen molar-refractivity contribution in [3.63, 3.8) is 0 Å². The highest BCUT2D eigenvalue weighted by Gasteiger charge is 2.17. The molecule has 0 spiro atoms. The van der Waals surface area contributed by atoms with Crippen LogP contribution in [0.2, 0.25) is 5.02 Å². The number of nitrogens with one attached hydrogen (secondary N) is 1. The van der Waals surface area contributed by atoms with Gasteiger partial charge in [0.05, 0.1) is 40.1 Å². The van der Waals surface area contributed by atoms with Crippen molar-refractivity contribution >= 4 is 35.0 Å². The minimum Gasteiger partial charge on any atom is -0.320 e. The second-order valence-corrected chi connectivity index (χ2v) is 6.56. The molecule has 2 aromatic heterocycles. The van der Waals surface area contributed by atoms with Gasteiger partial charge >= 0.3 is 0 Å². The summed E-state index contributed by atoms with van der Waals surface area (Å²) in [7, 11) is 0. The number of rotatable bonds is 5. The Morgan fingerprint density at radius 2 is 2.12 bits per heavy atom. The smallest absolute Gasteiger partial charge is 0.259 e. The number of aromatic nitrogens is 3. The van der Waals surface area contributed by atoms with Gasteiger partial charge in [0, 0.05) is 5.02 Å². The van der Waals surface area contributed by atoms with Gasteiger partial charge in [-0.15, -0.1) is 11.8 Å². The monoisotopic (exact) mass is 372 g/mol. The van der Waals surface area contributed by atoms with Crippen LogP contribution < -0.4 is 5.32 Å². The van der Waals surface area contributed by atoms with Gasteiger partial charge in [0.2, 0.25) is 0 Å². The lowest BCUT2D eigenvalue weighted by atomic mass is 10.2. The van der Waals surface area contributed by atoms with Gasteiger partial charge < -0.3 is 5.32 Å². The summed E-state index contributed by atoms with van der Waals surface area (Å²) in [5, 5.41) is 8.77. The predicted molar refractivity (Wildman–Crippen MR) is 102 cm³/mol. The van der Waals surface area contributed by atoms with Crippen LogP contribution in [-0.4, -0.2) is 26.9 Å². The predicted octanol–water partition coefficient (Wildman–Crippen LogP) is 4.46. The van der Waals surface area contributed by atoms with E-state index in [1.807, 2.05) is 43.5 Å². The molecule has 1 N–H and O–H groups in total. The van der Waals surface area contributed by atoms with E-state index in [-0.39, 0.29) is 5.91 Å². The summed E-state index contributed by atoms with van der Waals surface area (Å²) < 4.78 is 1.75. The standard InChI is InChI=1S/C18H17ClN4OS/c1-3-16-15(11-21-23(16)14-6-4-5-12(19)9-14)18(24)22-13-7-8-17(25-2)20-10-13/h4-11H,3H2,1-2H3,(H,22,24). The summed E-state index contributed by atoms with van der Waals surface area (Å²) in [5.74, 6) is -0.205. The van der Waals surface area contributed by atoms with Crippen molar-refractivity contribution in [2.45, 2.75) is 18.4 Å². The maximum Gasteiger partial charge on any atom is 0.259 e. The van der Waals surface area contributed by atoms with Crippen LogP contribution >= 0.6 is 23.4 Å². The first-order chi connectivity index (χ1) is 12.1. The lowest BCUT2D eigenvalue weighted by Crippen LogP contribution is -2.14. The zero-order valence-electron chi connectivity index (χ0n) is 13.9. The molecular formula is C18H17ClN4OS. The van der Waals surface area contributed by atoms with Gasteiger partial charge in [-0.25, -0.2) is 9.67 Å². The molecule has 0 aliphatic rings. The van der Waals surface area contributed by atoms with E-state index in [2.05, 4.69) is 15.4 Å². The van der Waals surface area contributed by atoms with Crippen molar-refractivity contribution in [1.82, 2.24) is 14.8 Å². The Bertz CT molecular complexity index is 892. The van der Waals surface area contributed by atoms with E-state index in [0.717, 1.165) is 16.4 Å².